The highest BCUT2D eigenvalue weighted by Crippen LogP contribution is 2.22. The van der Waals surface area contributed by atoms with Crippen LogP contribution in [0.2, 0.25) is 0 Å². The molecule has 0 radical (unpaired) electrons. The summed E-state index contributed by atoms with van der Waals surface area (Å²) in [6.45, 7) is 5.33. The summed E-state index contributed by atoms with van der Waals surface area (Å²) in [6.07, 6.45) is 0. The van der Waals surface area contributed by atoms with Gasteiger partial charge in [0.2, 0.25) is 10.0 Å². The summed E-state index contributed by atoms with van der Waals surface area (Å²) < 4.78 is 32.1. The summed E-state index contributed by atoms with van der Waals surface area (Å²) in [7, 11) is 0.100. The van der Waals surface area contributed by atoms with Gasteiger partial charge in [-0.15, -0.1) is 0 Å². The Morgan fingerprint density at radius 2 is 1.61 bits per heavy atom. The summed E-state index contributed by atoms with van der Waals surface area (Å²) in [6, 6.07) is 11.5. The Labute approximate surface area is 183 Å². The second-order valence-corrected chi connectivity index (χ2v) is 9.04. The van der Waals surface area contributed by atoms with Crippen molar-refractivity contribution >= 4 is 33.3 Å². The first-order valence-electron chi connectivity index (χ1n) is 9.95. The number of hydrogen-bond donors (Lipinski definition) is 1. The van der Waals surface area contributed by atoms with Gasteiger partial charge in [-0.1, -0.05) is 19.9 Å². The summed E-state index contributed by atoms with van der Waals surface area (Å²) in [4.78, 5) is 26.5. The molecule has 0 aliphatic carbocycles. The second kappa shape index (κ2) is 10.4. The van der Waals surface area contributed by atoms with Crippen molar-refractivity contribution in [3.63, 3.8) is 0 Å². The zero-order valence-electron chi connectivity index (χ0n) is 18.5. The van der Waals surface area contributed by atoms with Crippen LogP contribution in [0.3, 0.4) is 0 Å². The lowest BCUT2D eigenvalue weighted by Crippen LogP contribution is -2.31. The average molecular weight is 448 g/mol. The molecule has 168 valence electrons. The van der Waals surface area contributed by atoms with Crippen LogP contribution in [-0.4, -0.2) is 58.4 Å². The number of aryl methyl sites for hydroxylation is 1. The van der Waals surface area contributed by atoms with Crippen LogP contribution < -0.4 is 10.2 Å². The molecule has 2 rings (SSSR count). The second-order valence-electron chi connectivity index (χ2n) is 7.14. The molecule has 31 heavy (non-hydrogen) atoms. The highest BCUT2D eigenvalue weighted by molar-refractivity contribution is 7.89. The highest BCUT2D eigenvalue weighted by atomic mass is 32.2. The van der Waals surface area contributed by atoms with Gasteiger partial charge in [-0.3, -0.25) is 4.79 Å². The molecule has 9 heteroatoms. The molecule has 0 saturated carbocycles. The van der Waals surface area contributed by atoms with E-state index in [1.807, 2.05) is 31.1 Å². The Balaban J connectivity index is 2.06. The number of sulfonamides is 1. The molecule has 2 aromatic carbocycles. The molecule has 1 N–H and O–H groups in total. The Bertz CT molecular complexity index is 1030. The predicted octanol–water partition coefficient (Wildman–Crippen LogP) is 2.89. The number of hydrogen-bond acceptors (Lipinski definition) is 6. The quantitative estimate of drug-likeness (QED) is 0.594. The predicted molar refractivity (Wildman–Crippen MR) is 121 cm³/mol. The van der Waals surface area contributed by atoms with E-state index in [1.54, 1.807) is 39.0 Å². The van der Waals surface area contributed by atoms with E-state index in [0.29, 0.717) is 24.3 Å². The van der Waals surface area contributed by atoms with E-state index in [1.165, 1.54) is 16.4 Å². The molecular formula is C22H29N3O5S. The number of nitrogens with zero attached hydrogens (tertiary/aromatic N) is 2. The van der Waals surface area contributed by atoms with Gasteiger partial charge in [-0.05, 0) is 48.9 Å². The van der Waals surface area contributed by atoms with Gasteiger partial charge in [0.15, 0.2) is 6.61 Å². The Kier molecular flexibility index (Phi) is 8.18. The van der Waals surface area contributed by atoms with Crippen LogP contribution in [0.4, 0.5) is 11.4 Å². The molecule has 0 bridgehead atoms. The normalized spacial score (nSPS) is 11.3. The maximum absolute atomic E-state index is 12.8. The van der Waals surface area contributed by atoms with Crippen LogP contribution in [0.5, 0.6) is 0 Å². The molecule has 0 heterocycles. The molecule has 1 amide bonds. The van der Waals surface area contributed by atoms with Gasteiger partial charge in [-0.2, -0.15) is 4.31 Å². The van der Waals surface area contributed by atoms with Crippen LogP contribution in [0.1, 0.15) is 29.8 Å². The van der Waals surface area contributed by atoms with Crippen molar-refractivity contribution in [3.05, 3.63) is 53.6 Å². The standard InChI is InChI=1S/C22H29N3O5S/c1-6-25(7-2)31(28,29)20-14-17(9-8-16(20)3)22(27)30-15-21(26)23-18-10-12-19(13-11-18)24(4)5/h8-14H,6-7,15H2,1-5H3,(H,23,26). The highest BCUT2D eigenvalue weighted by Gasteiger charge is 2.25. The van der Waals surface area contributed by atoms with Crippen molar-refractivity contribution in [2.45, 2.75) is 25.7 Å². The Hall–Kier alpha value is -2.91. The SMILES string of the molecule is CCN(CC)S(=O)(=O)c1cc(C(=O)OCC(=O)Nc2ccc(N(C)C)cc2)ccc1C. The number of amides is 1. The third-order valence-electron chi connectivity index (χ3n) is 4.75. The molecule has 0 spiro atoms. The van der Waals surface area contributed by atoms with Crippen LogP contribution in [0.25, 0.3) is 0 Å². The van der Waals surface area contributed by atoms with Gasteiger partial charge < -0.3 is 15.0 Å². The fourth-order valence-electron chi connectivity index (χ4n) is 2.96. The first-order chi connectivity index (χ1) is 14.6. The fraction of sp³-hybridized carbons (Fsp3) is 0.364. The zero-order chi connectivity index (χ0) is 23.2. The number of nitrogens with one attached hydrogen (secondary N) is 1. The first kappa shape index (κ1) is 24.4. The number of anilines is 2. The maximum atomic E-state index is 12.8. The maximum Gasteiger partial charge on any atom is 0.338 e. The molecule has 0 atom stereocenters. The number of esters is 1. The molecule has 0 fully saturated rings. The summed E-state index contributed by atoms with van der Waals surface area (Å²) >= 11 is 0. The van der Waals surface area contributed by atoms with Crippen molar-refractivity contribution in [2.24, 2.45) is 0 Å². The van der Waals surface area contributed by atoms with Gasteiger partial charge in [0, 0.05) is 38.6 Å². The molecule has 0 aromatic heterocycles. The van der Waals surface area contributed by atoms with Gasteiger partial charge in [0.25, 0.3) is 5.91 Å². The van der Waals surface area contributed by atoms with Crippen molar-refractivity contribution in [3.8, 4) is 0 Å². The van der Waals surface area contributed by atoms with E-state index in [4.69, 9.17) is 4.74 Å². The molecule has 2 aromatic rings. The third-order valence-corrected chi connectivity index (χ3v) is 6.94. The number of ether oxygens (including phenoxy) is 1. The lowest BCUT2D eigenvalue weighted by atomic mass is 10.1. The minimum atomic E-state index is -3.73. The molecule has 0 unspecified atom stereocenters. The zero-order valence-corrected chi connectivity index (χ0v) is 19.3. The topological polar surface area (TPSA) is 96.0 Å². The van der Waals surface area contributed by atoms with Gasteiger partial charge >= 0.3 is 5.97 Å². The van der Waals surface area contributed by atoms with E-state index >= 15 is 0 Å². The van der Waals surface area contributed by atoms with Crippen LogP contribution >= 0.6 is 0 Å². The Morgan fingerprint density at radius 1 is 1.00 bits per heavy atom. The van der Waals surface area contributed by atoms with Crippen LogP contribution in [0, 0.1) is 6.92 Å². The summed E-state index contributed by atoms with van der Waals surface area (Å²) in [5.41, 5.74) is 2.16. The van der Waals surface area contributed by atoms with Crippen molar-refractivity contribution in [2.75, 3.05) is 44.0 Å². The van der Waals surface area contributed by atoms with Gasteiger partial charge in [0.1, 0.15) is 0 Å². The van der Waals surface area contributed by atoms with Crippen molar-refractivity contribution in [1.82, 2.24) is 4.31 Å². The lowest BCUT2D eigenvalue weighted by Gasteiger charge is -2.20. The Morgan fingerprint density at radius 3 is 2.16 bits per heavy atom. The molecular weight excluding hydrogens is 418 g/mol. The smallest absolute Gasteiger partial charge is 0.338 e. The number of benzene rings is 2. The van der Waals surface area contributed by atoms with Gasteiger partial charge in [0.05, 0.1) is 10.5 Å². The number of rotatable bonds is 9. The van der Waals surface area contributed by atoms with Crippen LogP contribution in [-0.2, 0) is 19.6 Å². The van der Waals surface area contributed by atoms with Gasteiger partial charge in [-0.25, -0.2) is 13.2 Å². The van der Waals surface area contributed by atoms with E-state index in [-0.39, 0.29) is 10.5 Å². The summed E-state index contributed by atoms with van der Waals surface area (Å²) in [5, 5.41) is 2.65. The van der Waals surface area contributed by atoms with E-state index in [0.717, 1.165) is 5.69 Å². The average Bonchev–Trinajstić information content (AvgIpc) is 2.73. The monoisotopic (exact) mass is 447 g/mol. The summed E-state index contributed by atoms with van der Waals surface area (Å²) in [5.74, 6) is -1.26. The molecule has 8 nitrogen and oxygen atoms in total. The number of carbonyl (C=O) groups excluding carboxylic acids is 2. The minimum absolute atomic E-state index is 0.0519. The minimum Gasteiger partial charge on any atom is -0.452 e. The van der Waals surface area contributed by atoms with E-state index in [2.05, 4.69) is 5.32 Å². The number of carbonyl (C=O) groups is 2. The largest absolute Gasteiger partial charge is 0.452 e. The van der Waals surface area contributed by atoms with Crippen molar-refractivity contribution < 1.29 is 22.7 Å². The van der Waals surface area contributed by atoms with Crippen LogP contribution in [0.15, 0.2) is 47.4 Å². The molecule has 0 aliphatic heterocycles. The molecule has 0 saturated heterocycles. The van der Waals surface area contributed by atoms with Crippen molar-refractivity contribution in [1.29, 1.82) is 0 Å². The third kappa shape index (κ3) is 6.05. The van der Waals surface area contributed by atoms with E-state index < -0.39 is 28.5 Å². The fourth-order valence-corrected chi connectivity index (χ4v) is 4.67. The first-order valence-corrected chi connectivity index (χ1v) is 11.4. The lowest BCUT2D eigenvalue weighted by molar-refractivity contribution is -0.119. The molecule has 0 aliphatic rings. The van der Waals surface area contributed by atoms with E-state index in [9.17, 15) is 18.0 Å².